The van der Waals surface area contributed by atoms with Crippen LogP contribution < -0.4 is 0 Å². The lowest BCUT2D eigenvalue weighted by Gasteiger charge is -2.17. The lowest BCUT2D eigenvalue weighted by Crippen LogP contribution is -2.30. The average Bonchev–Trinajstić information content (AvgIpc) is 1.84. The van der Waals surface area contributed by atoms with Gasteiger partial charge in [-0.25, -0.2) is 4.79 Å². The van der Waals surface area contributed by atoms with Crippen molar-refractivity contribution in [2.75, 3.05) is 0 Å². The molecule has 3 nitrogen and oxygen atoms in total. The Kier molecular flexibility index (Phi) is 3.36. The summed E-state index contributed by atoms with van der Waals surface area (Å²) in [4.78, 5) is 10.2. The van der Waals surface area contributed by atoms with Gasteiger partial charge in [-0.3, -0.25) is 0 Å². The number of carboxylic acids is 1. The molecule has 60 valence electrons. The molecule has 0 saturated heterocycles. The molecule has 0 aromatic heterocycles. The third-order valence-corrected chi connectivity index (χ3v) is 1.80. The van der Waals surface area contributed by atoms with Gasteiger partial charge >= 0.3 is 5.97 Å². The third-order valence-electron chi connectivity index (χ3n) is 1.80. The molecule has 0 fully saturated rings. The van der Waals surface area contributed by atoms with Gasteiger partial charge < -0.3 is 10.2 Å². The predicted octanol–water partition coefficient (Wildman–Crippen LogP) is 0.724. The van der Waals surface area contributed by atoms with Crippen molar-refractivity contribution in [1.29, 1.82) is 0 Å². The molecule has 2 unspecified atom stereocenters. The van der Waals surface area contributed by atoms with Gasteiger partial charge in [-0.2, -0.15) is 0 Å². The molecule has 0 spiro atoms. The normalized spacial score (nSPS) is 16.9. The maximum atomic E-state index is 10.2. The van der Waals surface area contributed by atoms with Crippen molar-refractivity contribution in [3.05, 3.63) is 0 Å². The number of aliphatic hydroxyl groups excluding tert-OH is 1. The topological polar surface area (TPSA) is 57.5 Å². The molecule has 0 amide bonds. The van der Waals surface area contributed by atoms with E-state index in [0.717, 1.165) is 0 Å². The van der Waals surface area contributed by atoms with Crippen molar-refractivity contribution in [3.8, 4) is 0 Å². The second kappa shape index (κ2) is 3.56. The molecule has 0 aromatic rings. The molecule has 0 aliphatic rings. The van der Waals surface area contributed by atoms with Crippen LogP contribution >= 0.6 is 0 Å². The van der Waals surface area contributed by atoms with E-state index in [2.05, 4.69) is 0 Å². The molecule has 0 aromatic carbocycles. The monoisotopic (exact) mass is 146 g/mol. The Bertz CT molecular complexity index is 120. The Balaban J connectivity index is 3.94. The third kappa shape index (κ3) is 2.35. The van der Waals surface area contributed by atoms with Crippen molar-refractivity contribution >= 4 is 5.97 Å². The molecule has 10 heavy (non-hydrogen) atoms. The number of carboxylic acid groups (broad SMARTS) is 1. The first-order valence-electron chi connectivity index (χ1n) is 3.37. The smallest absolute Gasteiger partial charge is 0.332 e. The zero-order valence-corrected chi connectivity index (χ0v) is 6.53. The van der Waals surface area contributed by atoms with Gasteiger partial charge in [0.25, 0.3) is 0 Å². The van der Waals surface area contributed by atoms with E-state index in [1.165, 1.54) is 0 Å². The summed E-state index contributed by atoms with van der Waals surface area (Å²) in [5, 5.41) is 17.3. The molecule has 0 aliphatic carbocycles. The van der Waals surface area contributed by atoms with E-state index in [-0.39, 0.29) is 11.8 Å². The van der Waals surface area contributed by atoms with Gasteiger partial charge in [0.1, 0.15) is 0 Å². The van der Waals surface area contributed by atoms with E-state index in [1.54, 1.807) is 6.92 Å². The van der Waals surface area contributed by atoms with Crippen molar-refractivity contribution in [2.45, 2.75) is 26.9 Å². The lowest BCUT2D eigenvalue weighted by atomic mass is 9.92. The summed E-state index contributed by atoms with van der Waals surface area (Å²) in [6.45, 7) is 5.50. The zero-order chi connectivity index (χ0) is 8.31. The summed E-state index contributed by atoms with van der Waals surface area (Å²) >= 11 is 0. The highest BCUT2D eigenvalue weighted by atomic mass is 16.4. The molecule has 2 atom stereocenters. The minimum absolute atomic E-state index is 0.183. The van der Waals surface area contributed by atoms with Gasteiger partial charge in [0.15, 0.2) is 6.10 Å². The quantitative estimate of drug-likeness (QED) is 0.617. The van der Waals surface area contributed by atoms with E-state index >= 15 is 0 Å². The molecule has 3 heteroatoms. The first-order valence-corrected chi connectivity index (χ1v) is 3.37. The van der Waals surface area contributed by atoms with Gasteiger partial charge in [0.05, 0.1) is 0 Å². The number of hydrogen-bond donors (Lipinski definition) is 2. The van der Waals surface area contributed by atoms with Crippen LogP contribution in [0.5, 0.6) is 0 Å². The van der Waals surface area contributed by atoms with Gasteiger partial charge in [0, 0.05) is 0 Å². The summed E-state index contributed by atoms with van der Waals surface area (Å²) < 4.78 is 0. The number of rotatable bonds is 3. The summed E-state index contributed by atoms with van der Waals surface area (Å²) in [6, 6.07) is 0. The van der Waals surface area contributed by atoms with Crippen LogP contribution in [0.2, 0.25) is 0 Å². The van der Waals surface area contributed by atoms with Crippen LogP contribution in [0, 0.1) is 11.8 Å². The van der Waals surface area contributed by atoms with E-state index < -0.39 is 12.1 Å². The fraction of sp³-hybridized carbons (Fsp3) is 0.857. The van der Waals surface area contributed by atoms with E-state index in [0.29, 0.717) is 0 Å². The largest absolute Gasteiger partial charge is 0.479 e. The fourth-order valence-corrected chi connectivity index (χ4v) is 0.589. The van der Waals surface area contributed by atoms with Gasteiger partial charge in [-0.05, 0) is 11.8 Å². The molecule has 0 rings (SSSR count). The molecular formula is C7H14O3. The standard InChI is InChI=1S/C7H14O3/c1-4(2)5(3)6(8)7(9)10/h4-6,8H,1-3H3,(H,9,10). The minimum Gasteiger partial charge on any atom is -0.479 e. The molecule has 0 heterocycles. The zero-order valence-electron chi connectivity index (χ0n) is 6.53. The number of hydrogen-bond acceptors (Lipinski definition) is 2. The highest BCUT2D eigenvalue weighted by Crippen LogP contribution is 2.13. The van der Waals surface area contributed by atoms with E-state index in [1.807, 2.05) is 13.8 Å². The highest BCUT2D eigenvalue weighted by molar-refractivity contribution is 5.72. The Labute approximate surface area is 60.7 Å². The maximum Gasteiger partial charge on any atom is 0.332 e. The van der Waals surface area contributed by atoms with Gasteiger partial charge in [-0.15, -0.1) is 0 Å². The number of aliphatic carboxylic acids is 1. The summed E-state index contributed by atoms with van der Waals surface area (Å²) in [5.74, 6) is -1.12. The van der Waals surface area contributed by atoms with Crippen molar-refractivity contribution in [3.63, 3.8) is 0 Å². The molecule has 0 radical (unpaired) electrons. The Morgan fingerprint density at radius 1 is 1.30 bits per heavy atom. The van der Waals surface area contributed by atoms with Crippen LogP contribution in [0.4, 0.5) is 0 Å². The van der Waals surface area contributed by atoms with Crippen LogP contribution in [-0.2, 0) is 4.79 Å². The molecule has 0 saturated carbocycles. The van der Waals surface area contributed by atoms with Crippen LogP contribution in [0.15, 0.2) is 0 Å². The second-order valence-electron chi connectivity index (χ2n) is 2.89. The van der Waals surface area contributed by atoms with Crippen LogP contribution in [0.1, 0.15) is 20.8 Å². The average molecular weight is 146 g/mol. The van der Waals surface area contributed by atoms with E-state index in [9.17, 15) is 4.79 Å². The van der Waals surface area contributed by atoms with Crippen LogP contribution in [0.3, 0.4) is 0 Å². The van der Waals surface area contributed by atoms with Crippen LogP contribution in [-0.4, -0.2) is 22.3 Å². The second-order valence-corrected chi connectivity index (χ2v) is 2.89. The van der Waals surface area contributed by atoms with Crippen molar-refractivity contribution in [1.82, 2.24) is 0 Å². The summed E-state index contributed by atoms with van der Waals surface area (Å²) in [6.07, 6.45) is -1.22. The summed E-state index contributed by atoms with van der Waals surface area (Å²) in [5.41, 5.74) is 0. The molecular weight excluding hydrogens is 132 g/mol. The minimum atomic E-state index is -1.22. The predicted molar refractivity (Wildman–Crippen MR) is 37.6 cm³/mol. The molecule has 2 N–H and O–H groups in total. The van der Waals surface area contributed by atoms with Crippen molar-refractivity contribution < 1.29 is 15.0 Å². The first-order chi connectivity index (χ1) is 4.46. The fourth-order valence-electron chi connectivity index (χ4n) is 0.589. The van der Waals surface area contributed by atoms with Gasteiger partial charge in [0.2, 0.25) is 0 Å². The Morgan fingerprint density at radius 2 is 1.70 bits per heavy atom. The summed E-state index contributed by atoms with van der Waals surface area (Å²) in [7, 11) is 0. The Hall–Kier alpha value is -0.570. The Morgan fingerprint density at radius 3 is 1.80 bits per heavy atom. The molecule has 0 bridgehead atoms. The first kappa shape index (κ1) is 9.43. The number of aliphatic hydroxyl groups is 1. The molecule has 0 aliphatic heterocycles. The van der Waals surface area contributed by atoms with Crippen molar-refractivity contribution in [2.24, 2.45) is 11.8 Å². The van der Waals surface area contributed by atoms with Gasteiger partial charge in [-0.1, -0.05) is 20.8 Å². The van der Waals surface area contributed by atoms with E-state index in [4.69, 9.17) is 10.2 Å². The number of carbonyl (C=O) groups is 1. The van der Waals surface area contributed by atoms with Crippen LogP contribution in [0.25, 0.3) is 0 Å². The SMILES string of the molecule is CC(C)C(C)C(O)C(=O)O. The highest BCUT2D eigenvalue weighted by Gasteiger charge is 2.23. The maximum absolute atomic E-state index is 10.2. The lowest BCUT2D eigenvalue weighted by molar-refractivity contribution is -0.150.